The van der Waals surface area contributed by atoms with Crippen LogP contribution in [0.2, 0.25) is 0 Å². The molecule has 0 bridgehead atoms. The van der Waals surface area contributed by atoms with Gasteiger partial charge in [0.05, 0.1) is 4.99 Å². The number of hydrogen-bond acceptors (Lipinski definition) is 1. The second-order valence-corrected chi connectivity index (χ2v) is 3.98. The molecule has 2 heteroatoms. The monoisotopic (exact) mass is 155 g/mol. The zero-order valence-electron chi connectivity index (χ0n) is 6.69. The van der Waals surface area contributed by atoms with Crippen LogP contribution in [0.3, 0.4) is 0 Å². The highest BCUT2D eigenvalue weighted by Crippen LogP contribution is 2.19. The minimum absolute atomic E-state index is 0.163. The van der Waals surface area contributed by atoms with Crippen molar-refractivity contribution >= 4 is 17.2 Å². The van der Waals surface area contributed by atoms with E-state index in [4.69, 9.17) is 12.2 Å². The van der Waals surface area contributed by atoms with Crippen LogP contribution in [0.5, 0.6) is 0 Å². The summed E-state index contributed by atoms with van der Waals surface area (Å²) in [7, 11) is 0. The van der Waals surface area contributed by atoms with Crippen molar-refractivity contribution in [2.75, 3.05) is 0 Å². The number of nitrogens with one attached hydrogen (secondary N) is 1. The van der Waals surface area contributed by atoms with Crippen molar-refractivity contribution in [1.82, 2.24) is 5.32 Å². The molecule has 0 aliphatic carbocycles. The van der Waals surface area contributed by atoms with E-state index in [1.54, 1.807) is 0 Å². The molecule has 0 unspecified atom stereocenters. The molecule has 0 atom stereocenters. The van der Waals surface area contributed by atoms with Crippen LogP contribution < -0.4 is 5.32 Å². The SMILES string of the molecule is CC1=CC(=S)NC(C)(C)C1. The van der Waals surface area contributed by atoms with E-state index in [1.165, 1.54) is 5.57 Å². The summed E-state index contributed by atoms with van der Waals surface area (Å²) in [6, 6.07) is 0. The summed E-state index contributed by atoms with van der Waals surface area (Å²) in [5, 5.41) is 3.24. The summed E-state index contributed by atoms with van der Waals surface area (Å²) >= 11 is 5.04. The van der Waals surface area contributed by atoms with Crippen LogP contribution in [0.25, 0.3) is 0 Å². The van der Waals surface area contributed by atoms with Gasteiger partial charge in [-0.2, -0.15) is 0 Å². The Balaban J connectivity index is 2.80. The lowest BCUT2D eigenvalue weighted by Gasteiger charge is -2.31. The van der Waals surface area contributed by atoms with E-state index in [2.05, 4.69) is 26.1 Å². The van der Waals surface area contributed by atoms with Crippen molar-refractivity contribution < 1.29 is 0 Å². The average molecular weight is 155 g/mol. The summed E-state index contributed by atoms with van der Waals surface area (Å²) in [5.41, 5.74) is 1.53. The van der Waals surface area contributed by atoms with Gasteiger partial charge in [-0.15, -0.1) is 0 Å². The molecule has 56 valence electrons. The molecule has 0 saturated heterocycles. The van der Waals surface area contributed by atoms with Crippen molar-refractivity contribution in [2.24, 2.45) is 0 Å². The van der Waals surface area contributed by atoms with Gasteiger partial charge in [-0.3, -0.25) is 0 Å². The van der Waals surface area contributed by atoms with Gasteiger partial charge >= 0.3 is 0 Å². The van der Waals surface area contributed by atoms with E-state index in [-0.39, 0.29) is 5.54 Å². The molecule has 0 aromatic rings. The van der Waals surface area contributed by atoms with Crippen molar-refractivity contribution in [3.63, 3.8) is 0 Å². The largest absolute Gasteiger partial charge is 0.371 e. The summed E-state index contributed by atoms with van der Waals surface area (Å²) in [6.07, 6.45) is 3.12. The van der Waals surface area contributed by atoms with Crippen molar-refractivity contribution in [3.8, 4) is 0 Å². The van der Waals surface area contributed by atoms with E-state index in [0.29, 0.717) is 0 Å². The number of hydrogen-bond donors (Lipinski definition) is 1. The van der Waals surface area contributed by atoms with Gasteiger partial charge in [-0.1, -0.05) is 17.8 Å². The third kappa shape index (κ3) is 1.81. The predicted octanol–water partition coefficient (Wildman–Crippen LogP) is 2.03. The normalized spacial score (nSPS) is 23.5. The zero-order valence-corrected chi connectivity index (χ0v) is 7.51. The van der Waals surface area contributed by atoms with Crippen molar-refractivity contribution in [1.29, 1.82) is 0 Å². The average Bonchev–Trinajstić information content (AvgIpc) is 1.54. The Labute approximate surface area is 67.5 Å². The molecule has 1 aliphatic heterocycles. The maximum Gasteiger partial charge on any atom is 0.0991 e. The van der Waals surface area contributed by atoms with Crippen LogP contribution in [0.4, 0.5) is 0 Å². The highest BCUT2D eigenvalue weighted by Gasteiger charge is 2.21. The fraction of sp³-hybridized carbons (Fsp3) is 0.625. The van der Waals surface area contributed by atoms with Gasteiger partial charge in [0.2, 0.25) is 0 Å². The first-order chi connectivity index (χ1) is 4.49. The standard InChI is InChI=1S/C8H13NS/c1-6-4-7(10)9-8(2,3)5-6/h4H,5H2,1-3H3,(H,9,10). The van der Waals surface area contributed by atoms with Crippen LogP contribution in [-0.2, 0) is 0 Å². The molecule has 0 saturated carbocycles. The lowest BCUT2D eigenvalue weighted by atomic mass is 9.92. The van der Waals surface area contributed by atoms with Gasteiger partial charge in [0, 0.05) is 5.54 Å². The van der Waals surface area contributed by atoms with E-state index in [9.17, 15) is 0 Å². The maximum atomic E-state index is 5.04. The molecule has 0 aromatic heterocycles. The first-order valence-electron chi connectivity index (χ1n) is 3.49. The van der Waals surface area contributed by atoms with Gasteiger partial charge in [0.15, 0.2) is 0 Å². The Morgan fingerprint density at radius 2 is 2.20 bits per heavy atom. The number of rotatable bonds is 0. The molecule has 1 heterocycles. The Morgan fingerprint density at radius 1 is 1.60 bits per heavy atom. The second kappa shape index (κ2) is 2.35. The van der Waals surface area contributed by atoms with Crippen LogP contribution in [0.15, 0.2) is 11.6 Å². The summed E-state index contributed by atoms with van der Waals surface area (Å²) < 4.78 is 0. The molecule has 0 aromatic carbocycles. The van der Waals surface area contributed by atoms with Crippen LogP contribution in [0, 0.1) is 0 Å². The Hall–Kier alpha value is -0.370. The quantitative estimate of drug-likeness (QED) is 0.537. The lowest BCUT2D eigenvalue weighted by molar-refractivity contribution is 0.452. The van der Waals surface area contributed by atoms with Crippen molar-refractivity contribution in [3.05, 3.63) is 11.6 Å². The van der Waals surface area contributed by atoms with Crippen LogP contribution in [-0.4, -0.2) is 10.5 Å². The van der Waals surface area contributed by atoms with E-state index in [1.807, 2.05) is 6.08 Å². The molecule has 10 heavy (non-hydrogen) atoms. The Bertz CT molecular complexity index is 191. The highest BCUT2D eigenvalue weighted by molar-refractivity contribution is 7.80. The second-order valence-electron chi connectivity index (χ2n) is 3.54. The van der Waals surface area contributed by atoms with Gasteiger partial charge in [-0.05, 0) is 33.3 Å². The highest BCUT2D eigenvalue weighted by atomic mass is 32.1. The molecule has 0 spiro atoms. The molecule has 1 nitrogen and oxygen atoms in total. The molecule has 0 radical (unpaired) electrons. The van der Waals surface area contributed by atoms with E-state index < -0.39 is 0 Å². The maximum absolute atomic E-state index is 5.04. The minimum Gasteiger partial charge on any atom is -0.371 e. The Kier molecular flexibility index (Phi) is 1.82. The van der Waals surface area contributed by atoms with Crippen LogP contribution in [0.1, 0.15) is 27.2 Å². The lowest BCUT2D eigenvalue weighted by Crippen LogP contribution is -2.44. The van der Waals surface area contributed by atoms with Crippen LogP contribution >= 0.6 is 12.2 Å². The third-order valence-corrected chi connectivity index (χ3v) is 1.78. The first-order valence-corrected chi connectivity index (χ1v) is 3.90. The minimum atomic E-state index is 0.163. The predicted molar refractivity (Wildman–Crippen MR) is 48.2 cm³/mol. The molecule has 0 amide bonds. The zero-order chi connectivity index (χ0) is 7.78. The first kappa shape index (κ1) is 7.73. The van der Waals surface area contributed by atoms with Gasteiger partial charge in [0.25, 0.3) is 0 Å². The fourth-order valence-electron chi connectivity index (χ4n) is 1.39. The summed E-state index contributed by atoms with van der Waals surface area (Å²) in [4.78, 5) is 0.869. The molecule has 0 fully saturated rings. The number of thiocarbonyl (C=S) groups is 1. The summed E-state index contributed by atoms with van der Waals surface area (Å²) in [6.45, 7) is 6.44. The molecule has 1 aliphatic rings. The van der Waals surface area contributed by atoms with Gasteiger partial charge in [-0.25, -0.2) is 0 Å². The van der Waals surface area contributed by atoms with Gasteiger partial charge in [0.1, 0.15) is 0 Å². The van der Waals surface area contributed by atoms with Gasteiger partial charge < -0.3 is 5.32 Å². The summed E-state index contributed by atoms with van der Waals surface area (Å²) in [5.74, 6) is 0. The molecule has 1 N–H and O–H groups in total. The molecular formula is C8H13NS. The fourth-order valence-corrected chi connectivity index (χ4v) is 1.86. The third-order valence-electron chi connectivity index (χ3n) is 1.56. The topological polar surface area (TPSA) is 12.0 Å². The smallest absolute Gasteiger partial charge is 0.0991 e. The van der Waals surface area contributed by atoms with E-state index >= 15 is 0 Å². The molecule has 1 rings (SSSR count). The van der Waals surface area contributed by atoms with E-state index in [0.717, 1.165) is 11.4 Å². The Morgan fingerprint density at radius 3 is 2.60 bits per heavy atom. The molecular weight excluding hydrogens is 142 g/mol. The van der Waals surface area contributed by atoms with Crippen molar-refractivity contribution in [2.45, 2.75) is 32.7 Å².